The number of allylic oxidation sites excluding steroid dienone is 1. The Hall–Kier alpha value is -1.36. The highest BCUT2D eigenvalue weighted by atomic mass is 16.2. The lowest BCUT2D eigenvalue weighted by atomic mass is 10.1. The van der Waals surface area contributed by atoms with E-state index in [0.717, 1.165) is 0 Å². The van der Waals surface area contributed by atoms with Crippen molar-refractivity contribution in [1.29, 1.82) is 0 Å². The van der Waals surface area contributed by atoms with Gasteiger partial charge in [0.2, 0.25) is 0 Å². The molecule has 1 amide bonds. The molecule has 0 atom stereocenters. The van der Waals surface area contributed by atoms with Gasteiger partial charge in [0.05, 0.1) is 11.3 Å². The molecule has 0 aliphatic rings. The highest BCUT2D eigenvalue weighted by Gasteiger charge is 2.08. The van der Waals surface area contributed by atoms with E-state index in [2.05, 4.69) is 5.10 Å². The van der Waals surface area contributed by atoms with E-state index < -0.39 is 0 Å². The molecule has 0 bridgehead atoms. The maximum absolute atomic E-state index is 10.9. The maximum Gasteiger partial charge on any atom is 0.266 e. The minimum absolute atomic E-state index is 0.384. The molecule has 0 aliphatic heterocycles. The number of rotatable bonds is 2. The average Bonchev–Trinajstić information content (AvgIpc) is 2.05. The molecule has 5 nitrogen and oxygen atoms in total. The fourth-order valence-corrected chi connectivity index (χ4v) is 0.652. The molecule has 0 saturated heterocycles. The number of carbonyl (C=O) groups excluding carboxylic acids is 1. The number of nitrogens with two attached hydrogens (primary N) is 2. The second-order valence-electron chi connectivity index (χ2n) is 1.89. The molecule has 5 heteroatoms. The number of hydrogen-bond donors (Lipinski definition) is 3. The average molecular weight is 156 g/mol. The molecule has 0 saturated carbocycles. The largest absolute Gasteiger partial charge is 0.323 e. The van der Waals surface area contributed by atoms with Crippen LogP contribution in [0.25, 0.3) is 0 Å². The van der Waals surface area contributed by atoms with Gasteiger partial charge in [-0.05, 0) is 13.8 Å². The van der Waals surface area contributed by atoms with Crippen molar-refractivity contribution in [3.63, 3.8) is 0 Å². The Morgan fingerprint density at radius 1 is 1.64 bits per heavy atom. The number of hydrazine groups is 1. The molecule has 62 valence electrons. The van der Waals surface area contributed by atoms with Crippen molar-refractivity contribution < 1.29 is 4.79 Å². The molecular weight excluding hydrogens is 144 g/mol. The van der Waals surface area contributed by atoms with Gasteiger partial charge in [0, 0.05) is 0 Å². The lowest BCUT2D eigenvalue weighted by Crippen LogP contribution is -2.33. The van der Waals surface area contributed by atoms with Crippen LogP contribution in [0.3, 0.4) is 0 Å². The first kappa shape index (κ1) is 9.64. The highest BCUT2D eigenvalue weighted by Crippen LogP contribution is 1.96. The second kappa shape index (κ2) is 4.45. The monoisotopic (exact) mass is 156 g/mol. The van der Waals surface area contributed by atoms with Gasteiger partial charge in [0.15, 0.2) is 0 Å². The van der Waals surface area contributed by atoms with Crippen LogP contribution < -0.4 is 17.1 Å². The van der Waals surface area contributed by atoms with E-state index in [1.807, 2.05) is 5.43 Å². The second-order valence-corrected chi connectivity index (χ2v) is 1.89. The molecule has 0 aliphatic carbocycles. The summed E-state index contributed by atoms with van der Waals surface area (Å²) in [6.45, 7) is 3.34. The summed E-state index contributed by atoms with van der Waals surface area (Å²) in [5, 5.41) is 3.36. The predicted molar refractivity (Wildman–Crippen MR) is 43.4 cm³/mol. The number of nitrogens with zero attached hydrogens (tertiary/aromatic N) is 1. The first-order valence-electron chi connectivity index (χ1n) is 3.09. The summed E-state index contributed by atoms with van der Waals surface area (Å²) in [5.41, 5.74) is 2.83. The van der Waals surface area contributed by atoms with Crippen LogP contribution in [-0.2, 0) is 4.79 Å². The molecule has 11 heavy (non-hydrogen) atoms. The number of amides is 1. The number of hydrogen-bond acceptors (Lipinski definition) is 4. The van der Waals surface area contributed by atoms with Gasteiger partial charge in [0.25, 0.3) is 5.91 Å². The fourth-order valence-electron chi connectivity index (χ4n) is 0.652. The summed E-state index contributed by atoms with van der Waals surface area (Å²) in [6.07, 6.45) is 1.59. The molecule has 0 heterocycles. The Balaban J connectivity index is 4.57. The van der Waals surface area contributed by atoms with Crippen LogP contribution in [0.15, 0.2) is 16.8 Å². The molecule has 5 N–H and O–H groups in total. The van der Waals surface area contributed by atoms with Crippen molar-refractivity contribution in [2.24, 2.45) is 16.8 Å². The van der Waals surface area contributed by atoms with E-state index in [1.54, 1.807) is 19.9 Å². The van der Waals surface area contributed by atoms with Crippen molar-refractivity contribution in [2.75, 3.05) is 0 Å². The van der Waals surface area contributed by atoms with E-state index in [0.29, 0.717) is 11.3 Å². The van der Waals surface area contributed by atoms with Crippen LogP contribution in [0.1, 0.15) is 13.8 Å². The van der Waals surface area contributed by atoms with E-state index in [1.165, 1.54) is 0 Å². The SMILES string of the molecule is CC=C(C(=O)NN)C(C)=NN. The molecule has 0 unspecified atom stereocenters. The van der Waals surface area contributed by atoms with Gasteiger partial charge in [-0.3, -0.25) is 10.2 Å². The fraction of sp³-hybridized carbons (Fsp3) is 0.333. The third kappa shape index (κ3) is 2.38. The van der Waals surface area contributed by atoms with Crippen LogP contribution >= 0.6 is 0 Å². The molecule has 0 aromatic carbocycles. The molecule has 0 aromatic rings. The topological polar surface area (TPSA) is 93.5 Å². The lowest BCUT2D eigenvalue weighted by molar-refractivity contribution is -0.117. The zero-order valence-electron chi connectivity index (χ0n) is 6.59. The highest BCUT2D eigenvalue weighted by molar-refractivity contribution is 6.20. The van der Waals surface area contributed by atoms with Crippen molar-refractivity contribution in [2.45, 2.75) is 13.8 Å². The Bertz CT molecular complexity index is 207. The summed E-state index contributed by atoms with van der Waals surface area (Å²) in [6, 6.07) is 0. The van der Waals surface area contributed by atoms with Crippen molar-refractivity contribution in [3.05, 3.63) is 11.6 Å². The number of hydrazone groups is 1. The van der Waals surface area contributed by atoms with Crippen LogP contribution in [0.2, 0.25) is 0 Å². The summed E-state index contributed by atoms with van der Waals surface area (Å²) >= 11 is 0. The Morgan fingerprint density at radius 2 is 2.18 bits per heavy atom. The maximum atomic E-state index is 10.9. The van der Waals surface area contributed by atoms with Crippen LogP contribution in [0, 0.1) is 0 Å². The Morgan fingerprint density at radius 3 is 2.45 bits per heavy atom. The van der Waals surface area contributed by atoms with Crippen LogP contribution in [-0.4, -0.2) is 11.6 Å². The van der Waals surface area contributed by atoms with E-state index >= 15 is 0 Å². The van der Waals surface area contributed by atoms with E-state index in [9.17, 15) is 4.79 Å². The van der Waals surface area contributed by atoms with Gasteiger partial charge >= 0.3 is 0 Å². The molecule has 0 aromatic heterocycles. The van der Waals surface area contributed by atoms with Crippen LogP contribution in [0.5, 0.6) is 0 Å². The van der Waals surface area contributed by atoms with Gasteiger partial charge in [-0.15, -0.1) is 0 Å². The molecule has 0 radical (unpaired) electrons. The normalized spacial score (nSPS) is 13.0. The van der Waals surface area contributed by atoms with Gasteiger partial charge in [0.1, 0.15) is 0 Å². The first-order valence-corrected chi connectivity index (χ1v) is 3.09. The Labute approximate surface area is 65.1 Å². The molecule has 0 spiro atoms. The predicted octanol–water partition coefficient (Wildman–Crippen LogP) is -0.743. The summed E-state index contributed by atoms with van der Waals surface area (Å²) in [7, 11) is 0. The molecule has 0 fully saturated rings. The molecular formula is C6H12N4O. The summed E-state index contributed by atoms with van der Waals surface area (Å²) in [4.78, 5) is 10.9. The minimum Gasteiger partial charge on any atom is -0.323 e. The van der Waals surface area contributed by atoms with Gasteiger partial charge in [-0.2, -0.15) is 5.10 Å². The first-order chi connectivity index (χ1) is 5.17. The van der Waals surface area contributed by atoms with E-state index in [4.69, 9.17) is 11.7 Å². The standard InChI is InChI=1S/C6H12N4O/c1-3-5(4(2)9-7)6(11)10-8/h3H,7-8H2,1-2H3,(H,10,11). The smallest absolute Gasteiger partial charge is 0.266 e. The minimum atomic E-state index is -0.390. The van der Waals surface area contributed by atoms with E-state index in [-0.39, 0.29) is 5.91 Å². The Kier molecular flexibility index (Phi) is 3.90. The zero-order valence-corrected chi connectivity index (χ0v) is 6.59. The summed E-state index contributed by atoms with van der Waals surface area (Å²) < 4.78 is 0. The third-order valence-electron chi connectivity index (χ3n) is 1.25. The summed E-state index contributed by atoms with van der Waals surface area (Å²) in [5.74, 6) is 9.48. The van der Waals surface area contributed by atoms with Crippen molar-refractivity contribution in [3.8, 4) is 0 Å². The quantitative estimate of drug-likeness (QED) is 0.161. The number of nitrogens with one attached hydrogen (secondary N) is 1. The van der Waals surface area contributed by atoms with Crippen LogP contribution in [0.4, 0.5) is 0 Å². The lowest BCUT2D eigenvalue weighted by Gasteiger charge is -2.02. The third-order valence-corrected chi connectivity index (χ3v) is 1.25. The number of carbonyl (C=O) groups is 1. The van der Waals surface area contributed by atoms with Crippen molar-refractivity contribution in [1.82, 2.24) is 5.43 Å². The molecule has 0 rings (SSSR count). The van der Waals surface area contributed by atoms with Gasteiger partial charge in [-0.25, -0.2) is 5.84 Å². The van der Waals surface area contributed by atoms with Gasteiger partial charge < -0.3 is 5.84 Å². The van der Waals surface area contributed by atoms with Gasteiger partial charge in [-0.1, -0.05) is 6.08 Å². The zero-order chi connectivity index (χ0) is 8.85. The van der Waals surface area contributed by atoms with Crippen molar-refractivity contribution >= 4 is 11.6 Å².